The van der Waals surface area contributed by atoms with E-state index in [1.54, 1.807) is 0 Å². The number of carbonyl (C=O) groups excluding carboxylic acids is 2. The molecule has 144 valence electrons. The highest BCUT2D eigenvalue weighted by atomic mass is 16.6. The van der Waals surface area contributed by atoms with Crippen LogP contribution >= 0.6 is 0 Å². The summed E-state index contributed by atoms with van der Waals surface area (Å²) in [6.45, 7) is 13.5. The highest BCUT2D eigenvalue weighted by Gasteiger charge is 2.33. The predicted molar refractivity (Wildman–Crippen MR) is 95.5 cm³/mol. The van der Waals surface area contributed by atoms with Crippen LogP contribution in [-0.2, 0) is 14.3 Å². The predicted octanol–water partition coefficient (Wildman–Crippen LogP) is 1.57. The first-order chi connectivity index (χ1) is 11.8. The van der Waals surface area contributed by atoms with Gasteiger partial charge in [0.25, 0.3) is 0 Å². The highest BCUT2D eigenvalue weighted by Crippen LogP contribution is 2.22. The van der Waals surface area contributed by atoms with Crippen molar-refractivity contribution in [3.05, 3.63) is 0 Å². The van der Waals surface area contributed by atoms with Gasteiger partial charge >= 0.3 is 12.1 Å². The molecule has 2 heterocycles. The molecule has 1 unspecified atom stereocenters. The van der Waals surface area contributed by atoms with Crippen molar-refractivity contribution in [2.45, 2.75) is 52.2 Å². The van der Waals surface area contributed by atoms with Crippen molar-refractivity contribution < 1.29 is 19.1 Å². The minimum Gasteiger partial charge on any atom is -0.465 e. The molecule has 7 heteroatoms. The van der Waals surface area contributed by atoms with Crippen molar-refractivity contribution in [3.8, 4) is 0 Å². The van der Waals surface area contributed by atoms with Crippen LogP contribution in [-0.4, -0.2) is 90.8 Å². The maximum Gasteiger partial charge on any atom is 0.410 e. The quantitative estimate of drug-likeness (QED) is 0.698. The van der Waals surface area contributed by atoms with E-state index in [0.717, 1.165) is 52.1 Å². The fourth-order valence-corrected chi connectivity index (χ4v) is 3.40. The molecule has 0 aromatic rings. The van der Waals surface area contributed by atoms with E-state index in [2.05, 4.69) is 9.80 Å². The van der Waals surface area contributed by atoms with Crippen LogP contribution in [0.25, 0.3) is 0 Å². The van der Waals surface area contributed by atoms with Crippen LogP contribution in [0.2, 0.25) is 0 Å². The van der Waals surface area contributed by atoms with Crippen molar-refractivity contribution in [1.29, 1.82) is 0 Å². The first-order valence-electron chi connectivity index (χ1n) is 9.38. The third kappa shape index (κ3) is 6.47. The monoisotopic (exact) mass is 355 g/mol. The van der Waals surface area contributed by atoms with Gasteiger partial charge in [0.05, 0.1) is 13.2 Å². The summed E-state index contributed by atoms with van der Waals surface area (Å²) >= 11 is 0. The lowest BCUT2D eigenvalue weighted by Gasteiger charge is -2.37. The van der Waals surface area contributed by atoms with Crippen LogP contribution in [0.15, 0.2) is 0 Å². The van der Waals surface area contributed by atoms with Gasteiger partial charge in [-0.1, -0.05) is 0 Å². The summed E-state index contributed by atoms with van der Waals surface area (Å²) in [6.07, 6.45) is 1.87. The normalized spacial score (nSPS) is 22.9. The minimum absolute atomic E-state index is 0.150. The van der Waals surface area contributed by atoms with Crippen LogP contribution < -0.4 is 0 Å². The number of hydrogen-bond donors (Lipinski definition) is 0. The summed E-state index contributed by atoms with van der Waals surface area (Å²) < 4.78 is 10.5. The van der Waals surface area contributed by atoms with Gasteiger partial charge < -0.3 is 14.4 Å². The third-order valence-electron chi connectivity index (χ3n) is 4.60. The molecule has 0 N–H and O–H groups in total. The summed E-state index contributed by atoms with van der Waals surface area (Å²) in [5.74, 6) is -0.150. The van der Waals surface area contributed by atoms with Gasteiger partial charge in [-0.25, -0.2) is 4.79 Å². The Morgan fingerprint density at radius 2 is 1.68 bits per heavy atom. The largest absolute Gasteiger partial charge is 0.465 e. The lowest BCUT2D eigenvalue weighted by atomic mass is 10.2. The van der Waals surface area contributed by atoms with E-state index in [9.17, 15) is 9.59 Å². The molecule has 25 heavy (non-hydrogen) atoms. The lowest BCUT2D eigenvalue weighted by Crippen LogP contribution is -2.52. The maximum absolute atomic E-state index is 12.4. The van der Waals surface area contributed by atoms with Gasteiger partial charge in [0.2, 0.25) is 0 Å². The van der Waals surface area contributed by atoms with E-state index in [0.29, 0.717) is 13.2 Å². The van der Waals surface area contributed by atoms with E-state index in [1.165, 1.54) is 0 Å². The minimum atomic E-state index is -0.455. The van der Waals surface area contributed by atoms with Gasteiger partial charge in [-0.05, 0) is 40.5 Å². The first-order valence-corrected chi connectivity index (χ1v) is 9.38. The van der Waals surface area contributed by atoms with E-state index in [4.69, 9.17) is 9.47 Å². The third-order valence-corrected chi connectivity index (χ3v) is 4.60. The van der Waals surface area contributed by atoms with Crippen LogP contribution in [0.3, 0.4) is 0 Å². The fraction of sp³-hybridized carbons (Fsp3) is 0.889. The molecular weight excluding hydrogens is 322 g/mol. The Morgan fingerprint density at radius 3 is 2.28 bits per heavy atom. The maximum atomic E-state index is 12.4. The number of amides is 1. The molecule has 2 aliphatic heterocycles. The number of piperazine rings is 1. The van der Waals surface area contributed by atoms with E-state index < -0.39 is 5.60 Å². The Labute approximate surface area is 151 Å². The molecule has 0 aliphatic carbocycles. The second-order valence-corrected chi connectivity index (χ2v) is 7.85. The molecule has 1 amide bonds. The van der Waals surface area contributed by atoms with Gasteiger partial charge in [0.15, 0.2) is 0 Å². The molecule has 2 fully saturated rings. The number of carbonyl (C=O) groups is 2. The van der Waals surface area contributed by atoms with Gasteiger partial charge in [-0.15, -0.1) is 0 Å². The number of rotatable bonds is 5. The SMILES string of the molecule is CCOC(=O)CN1CCN(CC2CCCN2C(=O)OC(C)(C)C)CC1. The number of ether oxygens (including phenoxy) is 2. The van der Waals surface area contributed by atoms with Crippen molar-refractivity contribution in [2.24, 2.45) is 0 Å². The molecule has 2 rings (SSSR count). The molecule has 0 radical (unpaired) electrons. The zero-order valence-electron chi connectivity index (χ0n) is 16.1. The molecule has 0 spiro atoms. The molecule has 1 atom stereocenters. The van der Waals surface area contributed by atoms with Crippen molar-refractivity contribution in [1.82, 2.24) is 14.7 Å². The summed E-state index contributed by atoms with van der Waals surface area (Å²) in [5.41, 5.74) is -0.455. The van der Waals surface area contributed by atoms with Gasteiger partial charge in [-0.2, -0.15) is 0 Å². The lowest BCUT2D eigenvalue weighted by molar-refractivity contribution is -0.144. The fourth-order valence-electron chi connectivity index (χ4n) is 3.40. The molecule has 7 nitrogen and oxygen atoms in total. The molecule has 0 saturated carbocycles. The Hall–Kier alpha value is -1.34. The molecule has 0 aromatic carbocycles. The zero-order valence-corrected chi connectivity index (χ0v) is 16.1. The first kappa shape index (κ1) is 20.0. The smallest absolute Gasteiger partial charge is 0.410 e. The Balaban J connectivity index is 1.77. The summed E-state index contributed by atoms with van der Waals surface area (Å²) in [5, 5.41) is 0. The van der Waals surface area contributed by atoms with Crippen molar-refractivity contribution in [3.63, 3.8) is 0 Å². The summed E-state index contributed by atoms with van der Waals surface area (Å²) in [6, 6.07) is 0.228. The average molecular weight is 355 g/mol. The molecule has 2 aliphatic rings. The Morgan fingerprint density at radius 1 is 1.04 bits per heavy atom. The van der Waals surface area contributed by atoms with Crippen LogP contribution in [0.5, 0.6) is 0 Å². The number of nitrogens with zero attached hydrogens (tertiary/aromatic N) is 3. The number of esters is 1. The van der Waals surface area contributed by atoms with E-state index in [1.807, 2.05) is 32.6 Å². The number of likely N-dealkylation sites (tertiary alicyclic amines) is 1. The molecular formula is C18H33N3O4. The second-order valence-electron chi connectivity index (χ2n) is 7.85. The summed E-state index contributed by atoms with van der Waals surface area (Å²) in [4.78, 5) is 30.3. The van der Waals surface area contributed by atoms with Crippen LogP contribution in [0.1, 0.15) is 40.5 Å². The van der Waals surface area contributed by atoms with Crippen LogP contribution in [0, 0.1) is 0 Å². The van der Waals surface area contributed by atoms with Crippen molar-refractivity contribution >= 4 is 12.1 Å². The second kappa shape index (κ2) is 8.85. The summed E-state index contributed by atoms with van der Waals surface area (Å²) in [7, 11) is 0. The van der Waals surface area contributed by atoms with Crippen molar-refractivity contribution in [2.75, 3.05) is 52.4 Å². The topological polar surface area (TPSA) is 62.3 Å². The number of hydrogen-bond acceptors (Lipinski definition) is 6. The van der Waals surface area contributed by atoms with E-state index in [-0.39, 0.29) is 18.1 Å². The molecule has 0 aromatic heterocycles. The van der Waals surface area contributed by atoms with Gasteiger partial charge in [0.1, 0.15) is 5.60 Å². The molecule has 2 saturated heterocycles. The average Bonchev–Trinajstić information content (AvgIpc) is 2.96. The highest BCUT2D eigenvalue weighted by molar-refractivity contribution is 5.71. The van der Waals surface area contributed by atoms with Gasteiger partial charge in [0, 0.05) is 45.3 Å². The Bertz CT molecular complexity index is 456. The zero-order chi connectivity index (χ0) is 18.4. The van der Waals surface area contributed by atoms with Crippen LogP contribution in [0.4, 0.5) is 4.79 Å². The molecule has 0 bridgehead atoms. The van der Waals surface area contributed by atoms with E-state index >= 15 is 0 Å². The standard InChI is InChI=1S/C18H33N3O4/c1-5-24-16(22)14-20-11-9-19(10-12-20)13-15-7-6-8-21(15)17(23)25-18(2,3)4/h15H,5-14H2,1-4H3. The van der Waals surface area contributed by atoms with Gasteiger partial charge in [-0.3, -0.25) is 14.6 Å². The Kier molecular flexibility index (Phi) is 7.07.